The second-order valence-corrected chi connectivity index (χ2v) is 5.08. The number of nitrogens with two attached hydrogens (primary N) is 1. The van der Waals surface area contributed by atoms with Crippen LogP contribution in [0.2, 0.25) is 0 Å². The van der Waals surface area contributed by atoms with Crippen molar-refractivity contribution in [1.29, 1.82) is 0 Å². The van der Waals surface area contributed by atoms with Crippen molar-refractivity contribution in [3.05, 3.63) is 59.0 Å². The quantitative estimate of drug-likeness (QED) is 0.637. The third kappa shape index (κ3) is 3.06. The van der Waals surface area contributed by atoms with Gasteiger partial charge in [0.05, 0.1) is 0 Å². The largest absolute Gasteiger partial charge is 0.464 e. The molecule has 0 fully saturated rings. The van der Waals surface area contributed by atoms with E-state index in [2.05, 4.69) is 50.5 Å². The molecule has 1 atom stereocenters. The van der Waals surface area contributed by atoms with E-state index < -0.39 is 0 Å². The molecule has 0 aliphatic rings. The number of furan rings is 1. The predicted octanol–water partition coefficient (Wildman–Crippen LogP) is 3.52. The third-order valence-corrected chi connectivity index (χ3v) is 3.42. The van der Waals surface area contributed by atoms with Crippen LogP contribution in [0.4, 0.5) is 0 Å². The first-order chi connectivity index (χ1) is 9.15. The molecular weight excluding hydrogens is 236 g/mol. The Balaban J connectivity index is 2.26. The molecule has 0 bridgehead atoms. The lowest BCUT2D eigenvalue weighted by atomic mass is 9.98. The van der Waals surface area contributed by atoms with Crippen molar-refractivity contribution in [3.8, 4) is 0 Å². The topological polar surface area (TPSA) is 51.2 Å². The molecule has 102 valence electrons. The maximum atomic E-state index is 5.78. The summed E-state index contributed by atoms with van der Waals surface area (Å²) in [5.74, 6) is 8.05. The van der Waals surface area contributed by atoms with Gasteiger partial charge >= 0.3 is 0 Å². The summed E-state index contributed by atoms with van der Waals surface area (Å²) in [6, 6.07) is 12.4. The van der Waals surface area contributed by atoms with E-state index in [9.17, 15) is 0 Å². The highest BCUT2D eigenvalue weighted by atomic mass is 16.3. The van der Waals surface area contributed by atoms with E-state index in [-0.39, 0.29) is 6.04 Å². The van der Waals surface area contributed by atoms with Crippen LogP contribution in [0.15, 0.2) is 40.8 Å². The summed E-state index contributed by atoms with van der Waals surface area (Å²) in [7, 11) is 0. The number of nitrogens with one attached hydrogen (secondary N) is 1. The van der Waals surface area contributed by atoms with E-state index in [1.165, 1.54) is 5.56 Å². The summed E-state index contributed by atoms with van der Waals surface area (Å²) >= 11 is 0. The normalized spacial score (nSPS) is 12.9. The smallest absolute Gasteiger partial charge is 0.126 e. The third-order valence-electron chi connectivity index (χ3n) is 3.42. The summed E-state index contributed by atoms with van der Waals surface area (Å²) < 4.78 is 5.78. The van der Waals surface area contributed by atoms with Gasteiger partial charge < -0.3 is 4.42 Å². The Kier molecular flexibility index (Phi) is 4.40. The Morgan fingerprint density at radius 2 is 1.68 bits per heavy atom. The van der Waals surface area contributed by atoms with Crippen molar-refractivity contribution >= 4 is 0 Å². The van der Waals surface area contributed by atoms with Crippen molar-refractivity contribution in [3.63, 3.8) is 0 Å². The zero-order valence-electron chi connectivity index (χ0n) is 11.8. The molecule has 0 aliphatic carbocycles. The predicted molar refractivity (Wildman–Crippen MR) is 77.8 cm³/mol. The second-order valence-electron chi connectivity index (χ2n) is 5.08. The van der Waals surface area contributed by atoms with Gasteiger partial charge in [0.1, 0.15) is 17.6 Å². The molecule has 3 nitrogen and oxygen atoms in total. The van der Waals surface area contributed by atoms with Gasteiger partial charge in [-0.3, -0.25) is 5.84 Å². The highest BCUT2D eigenvalue weighted by Gasteiger charge is 2.16. The maximum Gasteiger partial charge on any atom is 0.126 e. The van der Waals surface area contributed by atoms with Crippen LogP contribution < -0.4 is 11.3 Å². The summed E-state index contributed by atoms with van der Waals surface area (Å²) in [4.78, 5) is 0. The van der Waals surface area contributed by atoms with Gasteiger partial charge in [-0.25, -0.2) is 5.43 Å². The fraction of sp³-hybridized carbons (Fsp3) is 0.375. The molecule has 19 heavy (non-hydrogen) atoms. The molecule has 1 unspecified atom stereocenters. The molecule has 0 saturated carbocycles. The fourth-order valence-corrected chi connectivity index (χ4v) is 2.16. The molecule has 1 aromatic carbocycles. The molecule has 1 aromatic heterocycles. The number of benzene rings is 1. The Hall–Kier alpha value is -1.58. The van der Waals surface area contributed by atoms with Gasteiger partial charge in [-0.05, 0) is 29.2 Å². The van der Waals surface area contributed by atoms with E-state index >= 15 is 0 Å². The van der Waals surface area contributed by atoms with Crippen LogP contribution in [0.3, 0.4) is 0 Å². The van der Waals surface area contributed by atoms with Crippen molar-refractivity contribution < 1.29 is 4.42 Å². The molecular formula is C16H22N2O. The molecule has 0 spiro atoms. The Bertz CT molecular complexity index is 514. The molecule has 2 aromatic rings. The lowest BCUT2D eigenvalue weighted by Gasteiger charge is -2.15. The molecule has 0 amide bonds. The number of hydrazine groups is 1. The first kappa shape index (κ1) is 13.8. The van der Waals surface area contributed by atoms with Crippen LogP contribution in [-0.2, 0) is 6.42 Å². The number of hydrogen-bond acceptors (Lipinski definition) is 3. The monoisotopic (exact) mass is 258 g/mol. The molecule has 0 radical (unpaired) electrons. The van der Waals surface area contributed by atoms with Crippen LogP contribution in [0.5, 0.6) is 0 Å². The molecule has 1 heterocycles. The van der Waals surface area contributed by atoms with Crippen LogP contribution in [-0.4, -0.2) is 0 Å². The minimum atomic E-state index is -0.0958. The Morgan fingerprint density at radius 3 is 2.16 bits per heavy atom. The summed E-state index contributed by atoms with van der Waals surface area (Å²) in [6.45, 7) is 6.45. The first-order valence-corrected chi connectivity index (χ1v) is 6.80. The molecule has 3 N–H and O–H groups in total. The Morgan fingerprint density at radius 1 is 1.05 bits per heavy atom. The van der Waals surface area contributed by atoms with Crippen molar-refractivity contribution in [2.24, 2.45) is 5.84 Å². The zero-order chi connectivity index (χ0) is 13.8. The number of hydrogen-bond donors (Lipinski definition) is 2. The molecule has 0 saturated heterocycles. The van der Waals surface area contributed by atoms with Gasteiger partial charge in [-0.1, -0.05) is 45.0 Å². The standard InChI is InChI=1S/C16H22N2O/c1-4-14-9-10-15(19-14)16(18-17)13-7-5-12(6-8-13)11(2)3/h5-11,16,18H,4,17H2,1-3H3. The molecule has 2 rings (SSSR count). The van der Waals surface area contributed by atoms with Gasteiger partial charge in [0.25, 0.3) is 0 Å². The van der Waals surface area contributed by atoms with E-state index in [0.717, 1.165) is 23.5 Å². The van der Waals surface area contributed by atoms with Crippen molar-refractivity contribution in [2.75, 3.05) is 0 Å². The maximum absolute atomic E-state index is 5.78. The highest BCUT2D eigenvalue weighted by Crippen LogP contribution is 2.25. The fourth-order valence-electron chi connectivity index (χ4n) is 2.16. The van der Waals surface area contributed by atoms with Crippen LogP contribution >= 0.6 is 0 Å². The van der Waals surface area contributed by atoms with Gasteiger partial charge in [-0.15, -0.1) is 0 Å². The van der Waals surface area contributed by atoms with Gasteiger partial charge in [-0.2, -0.15) is 0 Å². The van der Waals surface area contributed by atoms with E-state index in [1.807, 2.05) is 12.1 Å². The highest BCUT2D eigenvalue weighted by molar-refractivity contribution is 5.31. The van der Waals surface area contributed by atoms with Gasteiger partial charge in [0.15, 0.2) is 0 Å². The minimum absolute atomic E-state index is 0.0958. The van der Waals surface area contributed by atoms with Crippen LogP contribution in [0.1, 0.15) is 55.4 Å². The molecule has 3 heteroatoms. The lowest BCUT2D eigenvalue weighted by molar-refractivity contribution is 0.425. The van der Waals surface area contributed by atoms with Crippen molar-refractivity contribution in [1.82, 2.24) is 5.43 Å². The van der Waals surface area contributed by atoms with Gasteiger partial charge in [0, 0.05) is 6.42 Å². The minimum Gasteiger partial charge on any atom is -0.464 e. The van der Waals surface area contributed by atoms with E-state index in [0.29, 0.717) is 5.92 Å². The average Bonchev–Trinajstić information content (AvgIpc) is 2.89. The number of aryl methyl sites for hydroxylation is 1. The van der Waals surface area contributed by atoms with Crippen LogP contribution in [0.25, 0.3) is 0 Å². The summed E-state index contributed by atoms with van der Waals surface area (Å²) in [5.41, 5.74) is 5.27. The van der Waals surface area contributed by atoms with E-state index in [1.54, 1.807) is 0 Å². The second kappa shape index (κ2) is 6.04. The summed E-state index contributed by atoms with van der Waals surface area (Å²) in [5, 5.41) is 0. The zero-order valence-corrected chi connectivity index (χ0v) is 11.8. The lowest BCUT2D eigenvalue weighted by Crippen LogP contribution is -2.28. The van der Waals surface area contributed by atoms with E-state index in [4.69, 9.17) is 10.3 Å². The Labute approximate surface area is 114 Å². The SMILES string of the molecule is CCc1ccc(C(NN)c2ccc(C(C)C)cc2)o1. The molecule has 0 aliphatic heterocycles. The van der Waals surface area contributed by atoms with Gasteiger partial charge in [0.2, 0.25) is 0 Å². The first-order valence-electron chi connectivity index (χ1n) is 6.80. The number of rotatable bonds is 5. The van der Waals surface area contributed by atoms with Crippen LogP contribution in [0, 0.1) is 0 Å². The summed E-state index contributed by atoms with van der Waals surface area (Å²) in [6.07, 6.45) is 0.892. The average molecular weight is 258 g/mol. The van der Waals surface area contributed by atoms with Crippen molar-refractivity contribution in [2.45, 2.75) is 39.2 Å².